The second-order valence-electron chi connectivity index (χ2n) is 2.26. The number of thiol groups is 2. The van der Waals surface area contributed by atoms with Crippen molar-refractivity contribution in [1.29, 1.82) is 0 Å². The third-order valence-electron chi connectivity index (χ3n) is 1.20. The van der Waals surface area contributed by atoms with Crippen molar-refractivity contribution in [2.45, 2.75) is 9.33 Å². The normalized spacial score (nSPS) is 14.8. The number of rotatable bonds is 4. The summed E-state index contributed by atoms with van der Waals surface area (Å²) in [5.41, 5.74) is 0. The molecule has 3 N–H and O–H groups in total. The SMILES string of the molecule is O=C(O)C(C(S)(S)C(=O)O)S(=O)(=O)O. The molecule has 0 aliphatic carbocycles. The van der Waals surface area contributed by atoms with Crippen molar-refractivity contribution < 1.29 is 32.8 Å². The van der Waals surface area contributed by atoms with Gasteiger partial charge in [0.15, 0.2) is 4.08 Å². The zero-order valence-electron chi connectivity index (χ0n) is 6.35. The summed E-state index contributed by atoms with van der Waals surface area (Å²) in [7, 11) is -5.10. The van der Waals surface area contributed by atoms with E-state index in [1.165, 1.54) is 0 Å². The lowest BCUT2D eigenvalue weighted by molar-refractivity contribution is -0.143. The van der Waals surface area contributed by atoms with Crippen LogP contribution in [0.3, 0.4) is 0 Å². The molecule has 14 heavy (non-hydrogen) atoms. The first-order valence-corrected chi connectivity index (χ1v) is 5.28. The molecule has 0 bridgehead atoms. The second kappa shape index (κ2) is 3.96. The Morgan fingerprint density at radius 1 is 1.21 bits per heavy atom. The van der Waals surface area contributed by atoms with Gasteiger partial charge in [0.2, 0.25) is 5.25 Å². The van der Waals surface area contributed by atoms with Crippen molar-refractivity contribution in [1.82, 2.24) is 0 Å². The summed E-state index contributed by atoms with van der Waals surface area (Å²) in [5.74, 6) is -3.95. The van der Waals surface area contributed by atoms with Crippen LogP contribution >= 0.6 is 25.3 Å². The monoisotopic (exact) mass is 262 g/mol. The van der Waals surface area contributed by atoms with Crippen LogP contribution in [-0.2, 0) is 19.7 Å². The number of aliphatic carboxylic acids is 2. The molecule has 0 fully saturated rings. The fraction of sp³-hybridized carbons (Fsp3) is 0.500. The molecule has 10 heteroatoms. The molecular formula is C4H6O7S3. The van der Waals surface area contributed by atoms with Gasteiger partial charge in [0.1, 0.15) is 0 Å². The molecular weight excluding hydrogens is 256 g/mol. The predicted molar refractivity (Wildman–Crippen MR) is 51.3 cm³/mol. The summed E-state index contributed by atoms with van der Waals surface area (Å²) in [4.78, 5) is 20.8. The largest absolute Gasteiger partial charge is 0.480 e. The highest BCUT2D eigenvalue weighted by molar-refractivity contribution is 8.04. The molecule has 0 saturated carbocycles. The highest BCUT2D eigenvalue weighted by atomic mass is 32.2. The van der Waals surface area contributed by atoms with E-state index in [1.807, 2.05) is 0 Å². The maximum Gasteiger partial charge on any atom is 0.331 e. The fourth-order valence-corrected chi connectivity index (χ4v) is 2.41. The summed E-state index contributed by atoms with van der Waals surface area (Å²) in [6.07, 6.45) is 0. The van der Waals surface area contributed by atoms with Gasteiger partial charge in [-0.25, -0.2) is 4.79 Å². The molecule has 82 valence electrons. The Morgan fingerprint density at radius 3 is 1.64 bits per heavy atom. The van der Waals surface area contributed by atoms with E-state index < -0.39 is 31.4 Å². The third kappa shape index (κ3) is 2.77. The molecule has 0 spiro atoms. The molecule has 0 aliphatic rings. The Hall–Kier alpha value is -0.450. The molecule has 0 heterocycles. The van der Waals surface area contributed by atoms with E-state index in [-0.39, 0.29) is 0 Å². The lowest BCUT2D eigenvalue weighted by Gasteiger charge is -2.21. The van der Waals surface area contributed by atoms with E-state index in [4.69, 9.17) is 14.8 Å². The van der Waals surface area contributed by atoms with Crippen LogP contribution in [0.1, 0.15) is 0 Å². The average Bonchev–Trinajstić information content (AvgIpc) is 1.79. The summed E-state index contributed by atoms with van der Waals surface area (Å²) in [5, 5.41) is 14.2. The van der Waals surface area contributed by atoms with E-state index in [2.05, 4.69) is 25.3 Å². The third-order valence-corrected chi connectivity index (χ3v) is 3.60. The van der Waals surface area contributed by atoms with Crippen LogP contribution in [0.5, 0.6) is 0 Å². The number of hydrogen-bond acceptors (Lipinski definition) is 6. The summed E-state index contributed by atoms with van der Waals surface area (Å²) in [6.45, 7) is 0. The minimum absolute atomic E-state index is 1.89. The summed E-state index contributed by atoms with van der Waals surface area (Å²) >= 11 is 6.51. The van der Waals surface area contributed by atoms with Crippen molar-refractivity contribution in [3.8, 4) is 0 Å². The second-order valence-corrected chi connectivity index (χ2v) is 5.53. The Labute approximate surface area is 89.7 Å². The molecule has 0 saturated heterocycles. The van der Waals surface area contributed by atoms with Gasteiger partial charge in [-0.3, -0.25) is 9.35 Å². The van der Waals surface area contributed by atoms with Crippen LogP contribution in [0, 0.1) is 0 Å². The Kier molecular flexibility index (Phi) is 3.84. The van der Waals surface area contributed by atoms with Gasteiger partial charge < -0.3 is 10.2 Å². The van der Waals surface area contributed by atoms with E-state index in [9.17, 15) is 18.0 Å². The van der Waals surface area contributed by atoms with E-state index in [0.29, 0.717) is 0 Å². The van der Waals surface area contributed by atoms with E-state index in [1.54, 1.807) is 0 Å². The van der Waals surface area contributed by atoms with Crippen LogP contribution in [0.2, 0.25) is 0 Å². The standard InChI is InChI=1S/C4H6O7S3/c5-2(6)1(14(9,10)11)4(12,13)3(7)8/h1,12-13H,(H,5,6)(H,7,8)(H,9,10,11). The average molecular weight is 262 g/mol. The zero-order valence-corrected chi connectivity index (χ0v) is 8.96. The molecule has 1 unspecified atom stereocenters. The molecule has 0 rings (SSSR count). The van der Waals surface area contributed by atoms with Gasteiger partial charge in [0, 0.05) is 0 Å². The zero-order chi connectivity index (χ0) is 11.7. The molecule has 0 aromatic heterocycles. The van der Waals surface area contributed by atoms with Crippen LogP contribution < -0.4 is 0 Å². The van der Waals surface area contributed by atoms with Gasteiger partial charge in [-0.05, 0) is 0 Å². The Morgan fingerprint density at radius 2 is 1.57 bits per heavy atom. The number of carbonyl (C=O) groups is 2. The van der Waals surface area contributed by atoms with Crippen molar-refractivity contribution in [3.63, 3.8) is 0 Å². The first kappa shape index (κ1) is 13.5. The predicted octanol–water partition coefficient (Wildman–Crippen LogP) is -1.03. The van der Waals surface area contributed by atoms with Crippen molar-refractivity contribution in [2.75, 3.05) is 0 Å². The number of carboxylic acids is 2. The number of carboxylic acid groups (broad SMARTS) is 2. The minimum atomic E-state index is -5.10. The van der Waals surface area contributed by atoms with Crippen molar-refractivity contribution >= 4 is 47.3 Å². The highest BCUT2D eigenvalue weighted by Gasteiger charge is 2.52. The highest BCUT2D eigenvalue weighted by Crippen LogP contribution is 2.29. The molecule has 0 radical (unpaired) electrons. The van der Waals surface area contributed by atoms with Gasteiger partial charge >= 0.3 is 11.9 Å². The van der Waals surface area contributed by atoms with Crippen molar-refractivity contribution in [2.24, 2.45) is 0 Å². The smallest absolute Gasteiger partial charge is 0.331 e. The molecule has 1 atom stereocenters. The van der Waals surface area contributed by atoms with Gasteiger partial charge in [-0.2, -0.15) is 8.42 Å². The first-order valence-electron chi connectivity index (χ1n) is 2.88. The summed E-state index contributed by atoms with van der Waals surface area (Å²) < 4.78 is 26.8. The molecule has 0 aliphatic heterocycles. The van der Waals surface area contributed by atoms with Crippen molar-refractivity contribution in [3.05, 3.63) is 0 Å². The molecule has 0 amide bonds. The Balaban J connectivity index is 5.47. The topological polar surface area (TPSA) is 129 Å². The van der Waals surface area contributed by atoms with E-state index in [0.717, 1.165) is 0 Å². The van der Waals surface area contributed by atoms with Crippen LogP contribution in [-0.4, -0.2) is 44.5 Å². The molecule has 7 nitrogen and oxygen atoms in total. The van der Waals surface area contributed by atoms with Gasteiger partial charge in [-0.15, -0.1) is 25.3 Å². The quantitative estimate of drug-likeness (QED) is 0.249. The van der Waals surface area contributed by atoms with Gasteiger partial charge in [-0.1, -0.05) is 0 Å². The first-order chi connectivity index (χ1) is 6.01. The maximum atomic E-state index is 10.5. The van der Waals surface area contributed by atoms with Crippen LogP contribution in [0.4, 0.5) is 0 Å². The maximum absolute atomic E-state index is 10.5. The van der Waals surface area contributed by atoms with Gasteiger partial charge in [0.25, 0.3) is 10.1 Å². The number of hydrogen-bond donors (Lipinski definition) is 5. The van der Waals surface area contributed by atoms with E-state index >= 15 is 0 Å². The molecule has 0 aromatic carbocycles. The minimum Gasteiger partial charge on any atom is -0.480 e. The fourth-order valence-electron chi connectivity index (χ4n) is 0.619. The summed E-state index contributed by atoms with van der Waals surface area (Å²) in [6, 6.07) is 0. The lowest BCUT2D eigenvalue weighted by Crippen LogP contribution is -2.49. The lowest BCUT2D eigenvalue weighted by atomic mass is 10.3. The molecule has 0 aromatic rings. The van der Waals surface area contributed by atoms with Crippen LogP contribution in [0.15, 0.2) is 0 Å². The Bertz CT molecular complexity index is 355. The van der Waals surface area contributed by atoms with Gasteiger partial charge in [0.05, 0.1) is 0 Å². The van der Waals surface area contributed by atoms with Crippen LogP contribution in [0.25, 0.3) is 0 Å².